The summed E-state index contributed by atoms with van der Waals surface area (Å²) in [5, 5.41) is 1.31. The number of hydrogen-bond donors (Lipinski definition) is 0. The second-order valence-corrected chi connectivity index (χ2v) is 8.27. The van der Waals surface area contributed by atoms with E-state index in [4.69, 9.17) is 11.6 Å². The number of amides is 1. The summed E-state index contributed by atoms with van der Waals surface area (Å²) in [5.41, 5.74) is 2.47. The van der Waals surface area contributed by atoms with Crippen molar-refractivity contribution in [1.82, 2.24) is 4.98 Å². The smallest absolute Gasteiger partial charge is 0.261 e. The maximum absolute atomic E-state index is 13.4. The Labute approximate surface area is 174 Å². The second-order valence-electron chi connectivity index (χ2n) is 5.97. The number of nitrogens with zero attached hydrogens (tertiary/aromatic N) is 2. The number of halogens is 2. The highest BCUT2D eigenvalue weighted by atomic mass is 79.9. The van der Waals surface area contributed by atoms with Gasteiger partial charge in [-0.3, -0.25) is 9.69 Å². The van der Waals surface area contributed by atoms with Crippen LogP contribution in [0.5, 0.6) is 0 Å². The topological polar surface area (TPSA) is 33.2 Å². The van der Waals surface area contributed by atoms with E-state index in [2.05, 4.69) is 20.9 Å². The van der Waals surface area contributed by atoms with Gasteiger partial charge in [-0.05, 0) is 51.8 Å². The molecule has 1 aromatic heterocycles. The monoisotopic (exact) mass is 456 g/mol. The molecule has 0 N–H and O–H groups in total. The van der Waals surface area contributed by atoms with E-state index in [1.165, 1.54) is 11.3 Å². The van der Waals surface area contributed by atoms with Crippen molar-refractivity contribution in [2.24, 2.45) is 0 Å². The van der Waals surface area contributed by atoms with Crippen LogP contribution in [0.1, 0.15) is 15.9 Å². The first-order chi connectivity index (χ1) is 13.1. The molecule has 0 saturated carbocycles. The van der Waals surface area contributed by atoms with Crippen LogP contribution in [0.2, 0.25) is 5.02 Å². The molecule has 6 heteroatoms. The Hall–Kier alpha value is -2.21. The zero-order chi connectivity index (χ0) is 18.8. The fraction of sp³-hybridized carbons (Fsp3) is 0.0476. The molecule has 0 radical (unpaired) electrons. The van der Waals surface area contributed by atoms with Gasteiger partial charge in [0.15, 0.2) is 5.13 Å². The molecule has 1 amide bonds. The average molecular weight is 458 g/mol. The SMILES string of the molecule is O=C(c1ccccc1Br)N(Cc1ccccc1)c1nc2ccc(Cl)cc2s1. The van der Waals surface area contributed by atoms with Crippen molar-refractivity contribution in [3.8, 4) is 0 Å². The molecule has 27 heavy (non-hydrogen) atoms. The van der Waals surface area contributed by atoms with Gasteiger partial charge in [0.05, 0.1) is 22.3 Å². The third kappa shape index (κ3) is 3.90. The minimum Gasteiger partial charge on any atom is -0.279 e. The van der Waals surface area contributed by atoms with E-state index in [1.54, 1.807) is 4.90 Å². The lowest BCUT2D eigenvalue weighted by atomic mass is 10.1. The van der Waals surface area contributed by atoms with Crippen LogP contribution in [0.3, 0.4) is 0 Å². The number of rotatable bonds is 4. The first kappa shape index (κ1) is 18.2. The maximum Gasteiger partial charge on any atom is 0.261 e. The number of carbonyl (C=O) groups is 1. The second kappa shape index (κ2) is 7.80. The van der Waals surface area contributed by atoms with Crippen molar-refractivity contribution >= 4 is 60.1 Å². The number of benzene rings is 3. The van der Waals surface area contributed by atoms with E-state index in [0.717, 1.165) is 20.3 Å². The highest BCUT2D eigenvalue weighted by Crippen LogP contribution is 2.33. The standard InChI is InChI=1S/C21H14BrClN2OS/c22-17-9-5-4-8-16(17)20(26)25(13-14-6-2-1-3-7-14)21-24-18-11-10-15(23)12-19(18)27-21/h1-12H,13H2. The molecular weight excluding hydrogens is 444 g/mol. The van der Waals surface area contributed by atoms with Gasteiger partial charge < -0.3 is 0 Å². The summed E-state index contributed by atoms with van der Waals surface area (Å²) in [5.74, 6) is -0.100. The minimum atomic E-state index is -0.100. The molecule has 0 bridgehead atoms. The lowest BCUT2D eigenvalue weighted by molar-refractivity contribution is 0.0984. The molecule has 3 aromatic carbocycles. The number of hydrogen-bond acceptors (Lipinski definition) is 3. The third-order valence-electron chi connectivity index (χ3n) is 4.10. The van der Waals surface area contributed by atoms with Crippen LogP contribution in [0.25, 0.3) is 10.2 Å². The van der Waals surface area contributed by atoms with Crippen LogP contribution in [-0.4, -0.2) is 10.9 Å². The molecule has 0 aliphatic heterocycles. The van der Waals surface area contributed by atoms with Gasteiger partial charge in [0.1, 0.15) is 0 Å². The zero-order valence-electron chi connectivity index (χ0n) is 14.1. The van der Waals surface area contributed by atoms with Gasteiger partial charge in [0.2, 0.25) is 0 Å². The summed E-state index contributed by atoms with van der Waals surface area (Å²) >= 11 is 11.1. The minimum absolute atomic E-state index is 0.100. The molecule has 0 unspecified atom stereocenters. The van der Waals surface area contributed by atoms with Crippen molar-refractivity contribution < 1.29 is 4.79 Å². The van der Waals surface area contributed by atoms with Gasteiger partial charge in [-0.15, -0.1) is 0 Å². The van der Waals surface area contributed by atoms with E-state index in [-0.39, 0.29) is 5.91 Å². The largest absolute Gasteiger partial charge is 0.279 e. The molecule has 0 spiro atoms. The Balaban J connectivity index is 1.79. The summed E-state index contributed by atoms with van der Waals surface area (Å²) in [4.78, 5) is 19.7. The van der Waals surface area contributed by atoms with Crippen LogP contribution >= 0.6 is 38.9 Å². The normalized spacial score (nSPS) is 10.9. The number of carbonyl (C=O) groups excluding carboxylic acids is 1. The van der Waals surface area contributed by atoms with Crippen LogP contribution in [0, 0.1) is 0 Å². The number of fused-ring (bicyclic) bond motifs is 1. The summed E-state index contributed by atoms with van der Waals surface area (Å²) in [6.07, 6.45) is 0. The van der Waals surface area contributed by atoms with Gasteiger partial charge in [0, 0.05) is 9.50 Å². The van der Waals surface area contributed by atoms with E-state index in [0.29, 0.717) is 22.3 Å². The zero-order valence-corrected chi connectivity index (χ0v) is 17.3. The van der Waals surface area contributed by atoms with Crippen molar-refractivity contribution in [3.63, 3.8) is 0 Å². The average Bonchev–Trinajstić information content (AvgIpc) is 3.09. The summed E-state index contributed by atoms with van der Waals surface area (Å²) in [6.45, 7) is 0.439. The predicted molar refractivity (Wildman–Crippen MR) is 116 cm³/mol. The Morgan fingerprint density at radius 1 is 1.04 bits per heavy atom. The highest BCUT2D eigenvalue weighted by Gasteiger charge is 2.23. The fourth-order valence-electron chi connectivity index (χ4n) is 2.77. The van der Waals surface area contributed by atoms with Crippen molar-refractivity contribution in [2.75, 3.05) is 4.90 Å². The summed E-state index contributed by atoms with van der Waals surface area (Å²) in [6, 6.07) is 22.9. The lowest BCUT2D eigenvalue weighted by Gasteiger charge is -2.20. The molecule has 4 rings (SSSR count). The molecule has 134 valence electrons. The van der Waals surface area contributed by atoms with E-state index in [9.17, 15) is 4.79 Å². The van der Waals surface area contributed by atoms with Crippen molar-refractivity contribution in [2.45, 2.75) is 6.54 Å². The molecular formula is C21H14BrClN2OS. The number of anilines is 1. The number of thiazole rings is 1. The predicted octanol–water partition coefficient (Wildman–Crippen LogP) is 6.56. The van der Waals surface area contributed by atoms with Gasteiger partial charge in [-0.2, -0.15) is 0 Å². The van der Waals surface area contributed by atoms with Gasteiger partial charge in [-0.1, -0.05) is 65.4 Å². The molecule has 0 aliphatic carbocycles. The molecule has 1 heterocycles. The van der Waals surface area contributed by atoms with Crippen molar-refractivity contribution in [1.29, 1.82) is 0 Å². The quantitative estimate of drug-likeness (QED) is 0.348. The summed E-state index contributed by atoms with van der Waals surface area (Å²) < 4.78 is 1.72. The fourth-order valence-corrected chi connectivity index (χ4v) is 4.47. The van der Waals surface area contributed by atoms with Gasteiger partial charge in [0.25, 0.3) is 5.91 Å². The molecule has 3 nitrogen and oxygen atoms in total. The van der Waals surface area contributed by atoms with Crippen LogP contribution < -0.4 is 4.90 Å². The molecule has 0 aliphatic rings. The Morgan fingerprint density at radius 2 is 1.78 bits per heavy atom. The van der Waals surface area contributed by atoms with Gasteiger partial charge >= 0.3 is 0 Å². The van der Waals surface area contributed by atoms with E-state index in [1.807, 2.05) is 72.8 Å². The molecule has 0 fully saturated rings. The van der Waals surface area contributed by atoms with Crippen LogP contribution in [0.4, 0.5) is 5.13 Å². The first-order valence-corrected chi connectivity index (χ1v) is 10.3. The molecule has 0 saturated heterocycles. The van der Waals surface area contributed by atoms with Crippen molar-refractivity contribution in [3.05, 3.63) is 93.4 Å². The van der Waals surface area contributed by atoms with Crippen LogP contribution in [-0.2, 0) is 6.54 Å². The summed E-state index contributed by atoms with van der Waals surface area (Å²) in [7, 11) is 0. The number of aromatic nitrogens is 1. The molecule has 0 atom stereocenters. The Kier molecular flexibility index (Phi) is 5.25. The van der Waals surface area contributed by atoms with E-state index >= 15 is 0 Å². The van der Waals surface area contributed by atoms with E-state index < -0.39 is 0 Å². The van der Waals surface area contributed by atoms with Gasteiger partial charge in [-0.25, -0.2) is 4.98 Å². The maximum atomic E-state index is 13.4. The first-order valence-electron chi connectivity index (χ1n) is 8.28. The Morgan fingerprint density at radius 3 is 2.56 bits per heavy atom. The lowest BCUT2D eigenvalue weighted by Crippen LogP contribution is -2.30. The Bertz CT molecular complexity index is 1110. The highest BCUT2D eigenvalue weighted by molar-refractivity contribution is 9.10. The van der Waals surface area contributed by atoms with Crippen LogP contribution in [0.15, 0.2) is 77.3 Å². The third-order valence-corrected chi connectivity index (χ3v) is 6.07. The molecule has 4 aromatic rings.